The highest BCUT2D eigenvalue weighted by Crippen LogP contribution is 2.37. The Morgan fingerprint density at radius 3 is 2.41 bits per heavy atom. The number of aromatic nitrogens is 6. The van der Waals surface area contributed by atoms with E-state index in [0.717, 1.165) is 22.3 Å². The summed E-state index contributed by atoms with van der Waals surface area (Å²) in [5, 5.41) is 4.19. The molecule has 7 nitrogen and oxygen atoms in total. The summed E-state index contributed by atoms with van der Waals surface area (Å²) in [5.74, 6) is -0.0547. The molecule has 0 saturated heterocycles. The van der Waals surface area contributed by atoms with Gasteiger partial charge in [-0.15, -0.1) is 0 Å². The summed E-state index contributed by atoms with van der Waals surface area (Å²) in [6.45, 7) is 0. The minimum absolute atomic E-state index is 0.267. The SMILES string of the molecule is Nc1nc(-c2ccc(F)cc2)c(-c2ccc3ncnn3c2)c2nccnc12. The van der Waals surface area contributed by atoms with Crippen molar-refractivity contribution in [3.05, 3.63) is 67.1 Å². The van der Waals surface area contributed by atoms with E-state index < -0.39 is 0 Å². The van der Waals surface area contributed by atoms with E-state index >= 15 is 0 Å². The molecule has 4 heterocycles. The Morgan fingerprint density at radius 1 is 0.852 bits per heavy atom. The van der Waals surface area contributed by atoms with Crippen molar-refractivity contribution in [1.82, 2.24) is 29.5 Å². The fraction of sp³-hybridized carbons (Fsp3) is 0. The molecular weight excluding hydrogens is 345 g/mol. The monoisotopic (exact) mass is 357 g/mol. The van der Waals surface area contributed by atoms with Crippen LogP contribution in [0.15, 0.2) is 61.3 Å². The Kier molecular flexibility index (Phi) is 3.29. The third-order valence-corrected chi connectivity index (χ3v) is 4.33. The molecule has 0 aliphatic heterocycles. The van der Waals surface area contributed by atoms with E-state index in [2.05, 4.69) is 25.0 Å². The van der Waals surface area contributed by atoms with Gasteiger partial charge in [0, 0.05) is 35.3 Å². The second-order valence-corrected chi connectivity index (χ2v) is 5.96. The smallest absolute Gasteiger partial charge is 0.155 e. The van der Waals surface area contributed by atoms with Crippen LogP contribution in [0.4, 0.5) is 10.2 Å². The zero-order valence-electron chi connectivity index (χ0n) is 13.9. The fourth-order valence-corrected chi connectivity index (χ4v) is 3.10. The maximum Gasteiger partial charge on any atom is 0.155 e. The normalized spacial score (nSPS) is 11.3. The number of nitrogens with two attached hydrogens (primary N) is 1. The van der Waals surface area contributed by atoms with Gasteiger partial charge in [-0.05, 0) is 36.4 Å². The third kappa shape index (κ3) is 2.46. The van der Waals surface area contributed by atoms with Crippen LogP contribution in [0.5, 0.6) is 0 Å². The van der Waals surface area contributed by atoms with Crippen LogP contribution < -0.4 is 5.73 Å². The van der Waals surface area contributed by atoms with E-state index in [0.29, 0.717) is 16.7 Å². The molecule has 0 saturated carbocycles. The molecule has 1 aromatic carbocycles. The lowest BCUT2D eigenvalue weighted by Gasteiger charge is -2.13. The molecule has 0 bridgehead atoms. The summed E-state index contributed by atoms with van der Waals surface area (Å²) < 4.78 is 15.1. The lowest BCUT2D eigenvalue weighted by molar-refractivity contribution is 0.628. The number of hydrogen-bond acceptors (Lipinski definition) is 6. The van der Waals surface area contributed by atoms with Gasteiger partial charge in [-0.2, -0.15) is 5.10 Å². The molecule has 27 heavy (non-hydrogen) atoms. The number of benzene rings is 1. The van der Waals surface area contributed by atoms with E-state index in [4.69, 9.17) is 5.73 Å². The average molecular weight is 357 g/mol. The van der Waals surface area contributed by atoms with Gasteiger partial charge < -0.3 is 5.73 Å². The Balaban J connectivity index is 1.88. The predicted octanol–water partition coefficient (Wildman–Crippen LogP) is 3.12. The van der Waals surface area contributed by atoms with Gasteiger partial charge in [0.1, 0.15) is 23.2 Å². The van der Waals surface area contributed by atoms with Crippen LogP contribution in [0.3, 0.4) is 0 Å². The molecule has 130 valence electrons. The van der Waals surface area contributed by atoms with Crippen LogP contribution in [-0.2, 0) is 0 Å². The quantitative estimate of drug-likeness (QED) is 0.521. The molecule has 0 spiro atoms. The lowest BCUT2D eigenvalue weighted by Crippen LogP contribution is -2.01. The highest BCUT2D eigenvalue weighted by atomic mass is 19.1. The predicted molar refractivity (Wildman–Crippen MR) is 99.1 cm³/mol. The summed E-state index contributed by atoms with van der Waals surface area (Å²) in [6.07, 6.45) is 6.51. The second-order valence-electron chi connectivity index (χ2n) is 5.96. The van der Waals surface area contributed by atoms with Crippen LogP contribution >= 0.6 is 0 Å². The van der Waals surface area contributed by atoms with Crippen molar-refractivity contribution in [2.45, 2.75) is 0 Å². The van der Waals surface area contributed by atoms with Gasteiger partial charge >= 0.3 is 0 Å². The number of halogens is 1. The van der Waals surface area contributed by atoms with E-state index in [9.17, 15) is 4.39 Å². The first-order valence-corrected chi connectivity index (χ1v) is 8.16. The largest absolute Gasteiger partial charge is 0.382 e. The Hall–Kier alpha value is -3.94. The van der Waals surface area contributed by atoms with Crippen LogP contribution in [0.25, 0.3) is 39.1 Å². The van der Waals surface area contributed by atoms with Crippen molar-refractivity contribution < 1.29 is 4.39 Å². The molecule has 0 atom stereocenters. The molecule has 0 amide bonds. The maximum atomic E-state index is 13.4. The molecule has 0 aliphatic rings. The van der Waals surface area contributed by atoms with Crippen LogP contribution in [0.1, 0.15) is 0 Å². The van der Waals surface area contributed by atoms with Gasteiger partial charge in [-0.1, -0.05) is 0 Å². The third-order valence-electron chi connectivity index (χ3n) is 4.33. The van der Waals surface area contributed by atoms with Crippen LogP contribution in [-0.4, -0.2) is 29.5 Å². The minimum Gasteiger partial charge on any atom is -0.382 e. The van der Waals surface area contributed by atoms with Crippen molar-refractivity contribution in [3.63, 3.8) is 0 Å². The molecular formula is C19H12FN7. The highest BCUT2D eigenvalue weighted by molar-refractivity contribution is 6.02. The molecule has 5 rings (SSSR count). The summed E-state index contributed by atoms with van der Waals surface area (Å²) in [5.41, 5.74) is 10.9. The van der Waals surface area contributed by atoms with E-state index in [1.165, 1.54) is 18.5 Å². The molecule has 0 aliphatic carbocycles. The highest BCUT2D eigenvalue weighted by Gasteiger charge is 2.18. The standard InChI is InChI=1S/C19H12FN7/c20-13-4-1-11(2-5-13)16-15(12-3-6-14-24-10-25-27(14)9-12)17-18(19(21)26-16)23-8-7-22-17/h1-10H,(H2,21,26). The van der Waals surface area contributed by atoms with Gasteiger partial charge in [0.25, 0.3) is 0 Å². The first-order chi connectivity index (χ1) is 13.2. The zero-order valence-corrected chi connectivity index (χ0v) is 13.9. The van der Waals surface area contributed by atoms with Crippen molar-refractivity contribution in [2.75, 3.05) is 5.73 Å². The zero-order chi connectivity index (χ0) is 18.4. The Morgan fingerprint density at radius 2 is 1.59 bits per heavy atom. The maximum absolute atomic E-state index is 13.4. The van der Waals surface area contributed by atoms with Gasteiger partial charge in [0.05, 0.1) is 5.69 Å². The van der Waals surface area contributed by atoms with Crippen molar-refractivity contribution in [1.29, 1.82) is 0 Å². The Bertz CT molecular complexity index is 1290. The fourth-order valence-electron chi connectivity index (χ4n) is 3.10. The van der Waals surface area contributed by atoms with Crippen molar-refractivity contribution >= 4 is 22.5 Å². The molecule has 0 radical (unpaired) electrons. The summed E-state index contributed by atoms with van der Waals surface area (Å²) >= 11 is 0. The lowest BCUT2D eigenvalue weighted by atomic mass is 9.98. The Labute approximate surface area is 152 Å². The summed E-state index contributed by atoms with van der Waals surface area (Å²) in [6, 6.07) is 9.87. The summed E-state index contributed by atoms with van der Waals surface area (Å²) in [4.78, 5) is 17.5. The molecule has 2 N–H and O–H groups in total. The molecule has 5 aromatic rings. The number of fused-ring (bicyclic) bond motifs is 2. The van der Waals surface area contributed by atoms with E-state index in [-0.39, 0.29) is 11.6 Å². The van der Waals surface area contributed by atoms with Crippen LogP contribution in [0, 0.1) is 5.82 Å². The number of nitrogen functional groups attached to an aromatic ring is 1. The number of anilines is 1. The minimum atomic E-state index is -0.321. The van der Waals surface area contributed by atoms with Gasteiger partial charge in [0.15, 0.2) is 11.5 Å². The van der Waals surface area contributed by atoms with Crippen molar-refractivity contribution in [2.24, 2.45) is 0 Å². The van der Waals surface area contributed by atoms with Gasteiger partial charge in [-0.25, -0.2) is 23.9 Å². The molecule has 4 aromatic heterocycles. The molecule has 0 fully saturated rings. The van der Waals surface area contributed by atoms with Gasteiger partial charge in [0.2, 0.25) is 0 Å². The summed E-state index contributed by atoms with van der Waals surface area (Å²) in [7, 11) is 0. The number of hydrogen-bond donors (Lipinski definition) is 1. The number of nitrogens with zero attached hydrogens (tertiary/aromatic N) is 6. The van der Waals surface area contributed by atoms with E-state index in [1.807, 2.05) is 18.3 Å². The topological polar surface area (TPSA) is 94.9 Å². The van der Waals surface area contributed by atoms with Crippen molar-refractivity contribution in [3.8, 4) is 22.4 Å². The molecule has 0 unspecified atom stereocenters. The van der Waals surface area contributed by atoms with Crippen LogP contribution in [0.2, 0.25) is 0 Å². The number of rotatable bonds is 2. The average Bonchev–Trinajstić information content (AvgIpc) is 3.16. The first kappa shape index (κ1) is 15.3. The number of pyridine rings is 2. The molecule has 8 heteroatoms. The van der Waals surface area contributed by atoms with E-state index in [1.54, 1.807) is 29.0 Å². The first-order valence-electron chi connectivity index (χ1n) is 8.16. The van der Waals surface area contributed by atoms with Gasteiger partial charge in [-0.3, -0.25) is 4.98 Å². The second kappa shape index (κ2) is 5.80.